The Morgan fingerprint density at radius 2 is 1.73 bits per heavy atom. The largest absolute Gasteiger partial charge is 0.507 e. The molecule has 6 nitrogen and oxygen atoms in total. The number of likely N-dealkylation sites (tertiary alicyclic amines) is 1. The smallest absolute Gasteiger partial charge is 0.295 e. The molecule has 1 aliphatic rings. The minimum absolute atomic E-state index is 0.0184. The zero-order chi connectivity index (χ0) is 29.2. The first-order valence-corrected chi connectivity index (χ1v) is 13.4. The van der Waals surface area contributed by atoms with Crippen LogP contribution in [0.5, 0.6) is 11.5 Å². The normalized spacial score (nSPS) is 17.0. The topological polar surface area (TPSA) is 76.1 Å². The summed E-state index contributed by atoms with van der Waals surface area (Å²) in [7, 11) is 1.49. The molecule has 1 N–H and O–H groups in total. The number of hydrogen-bond acceptors (Lipinski definition) is 5. The van der Waals surface area contributed by atoms with Crippen molar-refractivity contribution in [1.82, 2.24) is 4.90 Å². The number of nitrogens with zero attached hydrogens (tertiary/aromatic N) is 1. The number of ketones is 1. The van der Waals surface area contributed by atoms with Crippen molar-refractivity contribution in [3.8, 4) is 11.5 Å². The summed E-state index contributed by atoms with van der Waals surface area (Å²) in [5, 5.41) is 11.7. The van der Waals surface area contributed by atoms with Gasteiger partial charge in [0, 0.05) is 6.54 Å². The van der Waals surface area contributed by atoms with Crippen LogP contribution in [0, 0.1) is 5.82 Å². The summed E-state index contributed by atoms with van der Waals surface area (Å²) in [5.41, 5.74) is 2.47. The van der Waals surface area contributed by atoms with Gasteiger partial charge in [0.2, 0.25) is 0 Å². The third-order valence-corrected chi connectivity index (χ3v) is 6.96. The van der Waals surface area contributed by atoms with Gasteiger partial charge in [-0.05, 0) is 78.8 Å². The Kier molecular flexibility index (Phi) is 8.33. The lowest BCUT2D eigenvalue weighted by Gasteiger charge is -2.26. The van der Waals surface area contributed by atoms with Gasteiger partial charge >= 0.3 is 0 Å². The molecule has 3 aromatic rings. The molecule has 4 rings (SSSR count). The van der Waals surface area contributed by atoms with Crippen molar-refractivity contribution >= 4 is 17.4 Å². The number of Topliss-reactive ketones (excluding diaryl/α,β-unsaturated/α-hetero) is 1. The monoisotopic (exact) mass is 545 g/mol. The van der Waals surface area contributed by atoms with E-state index in [1.165, 1.54) is 24.1 Å². The van der Waals surface area contributed by atoms with Crippen LogP contribution in [0.2, 0.25) is 0 Å². The predicted molar refractivity (Wildman–Crippen MR) is 153 cm³/mol. The second-order valence-electron chi connectivity index (χ2n) is 11.3. The SMILES string of the molecule is COc1ccc(C(C)(C)C)cc1/C(O)=C1\C(=O)C(=O)N(CCc2ccc(F)cc2)C1c1cccc(OC(C)C)c1. The van der Waals surface area contributed by atoms with E-state index in [4.69, 9.17) is 9.47 Å². The number of rotatable bonds is 8. The molecular formula is C33H36FNO5. The van der Waals surface area contributed by atoms with E-state index in [-0.39, 0.29) is 35.2 Å². The average Bonchev–Trinajstić information content (AvgIpc) is 3.16. The molecule has 1 unspecified atom stereocenters. The van der Waals surface area contributed by atoms with E-state index in [0.717, 1.165) is 11.1 Å². The number of methoxy groups -OCH3 is 1. The minimum atomic E-state index is -0.862. The summed E-state index contributed by atoms with van der Waals surface area (Å²) in [6.07, 6.45) is 0.318. The first-order chi connectivity index (χ1) is 18.9. The lowest BCUT2D eigenvalue weighted by atomic mass is 9.85. The zero-order valence-electron chi connectivity index (χ0n) is 23.8. The van der Waals surface area contributed by atoms with Gasteiger partial charge in [0.1, 0.15) is 23.1 Å². The number of ether oxygens (including phenoxy) is 2. The Labute approximate surface area is 235 Å². The molecule has 0 bridgehead atoms. The molecule has 0 saturated carbocycles. The lowest BCUT2D eigenvalue weighted by molar-refractivity contribution is -0.139. The summed E-state index contributed by atoms with van der Waals surface area (Å²) >= 11 is 0. The maximum atomic E-state index is 13.6. The number of aliphatic hydroxyl groups is 1. The fraction of sp³-hybridized carbons (Fsp3) is 0.333. The number of carbonyl (C=O) groups is 2. The highest BCUT2D eigenvalue weighted by atomic mass is 19.1. The molecule has 0 radical (unpaired) electrons. The lowest BCUT2D eigenvalue weighted by Crippen LogP contribution is -2.31. The van der Waals surface area contributed by atoms with Crippen LogP contribution in [0.1, 0.15) is 62.9 Å². The van der Waals surface area contributed by atoms with E-state index >= 15 is 0 Å². The van der Waals surface area contributed by atoms with E-state index in [2.05, 4.69) is 0 Å². The number of amides is 1. The summed E-state index contributed by atoms with van der Waals surface area (Å²) in [5.74, 6) is -1.17. The molecule has 1 aliphatic heterocycles. The fourth-order valence-electron chi connectivity index (χ4n) is 4.89. The average molecular weight is 546 g/mol. The Morgan fingerprint density at radius 3 is 2.35 bits per heavy atom. The van der Waals surface area contributed by atoms with E-state index in [9.17, 15) is 19.1 Å². The van der Waals surface area contributed by atoms with Gasteiger partial charge in [-0.3, -0.25) is 9.59 Å². The van der Waals surface area contributed by atoms with Crippen molar-refractivity contribution in [2.75, 3.05) is 13.7 Å². The summed E-state index contributed by atoms with van der Waals surface area (Å²) < 4.78 is 24.9. The standard InChI is InChI=1S/C33H36FNO5/c1-20(2)40-25-9-7-8-22(18-25)29-28(30(36)26-19-23(33(3,4)5)12-15-27(26)39-6)31(37)32(38)35(29)17-16-21-10-13-24(34)14-11-21/h7-15,18-20,29,36H,16-17H2,1-6H3/b30-28+. The molecule has 7 heteroatoms. The molecule has 1 atom stereocenters. The van der Waals surface area contributed by atoms with E-state index in [0.29, 0.717) is 29.0 Å². The van der Waals surface area contributed by atoms with Crippen LogP contribution in [-0.2, 0) is 21.4 Å². The van der Waals surface area contributed by atoms with Crippen LogP contribution in [-0.4, -0.2) is 41.5 Å². The zero-order valence-corrected chi connectivity index (χ0v) is 23.8. The second-order valence-corrected chi connectivity index (χ2v) is 11.3. The van der Waals surface area contributed by atoms with Gasteiger partial charge in [-0.25, -0.2) is 4.39 Å². The molecule has 40 heavy (non-hydrogen) atoms. The fourth-order valence-corrected chi connectivity index (χ4v) is 4.89. The molecule has 0 aromatic heterocycles. The molecule has 1 fully saturated rings. The van der Waals surface area contributed by atoms with Crippen molar-refractivity contribution in [1.29, 1.82) is 0 Å². The quantitative estimate of drug-likeness (QED) is 0.197. The second kappa shape index (κ2) is 11.5. The highest BCUT2D eigenvalue weighted by Crippen LogP contribution is 2.42. The third-order valence-electron chi connectivity index (χ3n) is 6.96. The van der Waals surface area contributed by atoms with Crippen LogP contribution in [0.15, 0.2) is 72.3 Å². The highest BCUT2D eigenvalue weighted by molar-refractivity contribution is 6.46. The molecular weight excluding hydrogens is 509 g/mol. The number of halogens is 1. The van der Waals surface area contributed by atoms with E-state index < -0.39 is 17.7 Å². The van der Waals surface area contributed by atoms with Crippen LogP contribution < -0.4 is 9.47 Å². The summed E-state index contributed by atoms with van der Waals surface area (Å²) in [6.45, 7) is 10.2. The van der Waals surface area contributed by atoms with Crippen molar-refractivity contribution in [3.63, 3.8) is 0 Å². The molecule has 210 valence electrons. The van der Waals surface area contributed by atoms with Crippen LogP contribution in [0.4, 0.5) is 4.39 Å². The van der Waals surface area contributed by atoms with Crippen molar-refractivity contribution in [2.45, 2.75) is 58.6 Å². The first-order valence-electron chi connectivity index (χ1n) is 13.4. The highest BCUT2D eigenvalue weighted by Gasteiger charge is 2.46. The minimum Gasteiger partial charge on any atom is -0.507 e. The van der Waals surface area contributed by atoms with Gasteiger partial charge in [-0.1, -0.05) is 51.1 Å². The number of aliphatic hydroxyl groups excluding tert-OH is 1. The molecule has 1 heterocycles. The summed E-state index contributed by atoms with van der Waals surface area (Å²) in [4.78, 5) is 28.5. The molecule has 0 spiro atoms. The predicted octanol–water partition coefficient (Wildman–Crippen LogP) is 6.58. The maximum absolute atomic E-state index is 13.6. The maximum Gasteiger partial charge on any atom is 0.295 e. The van der Waals surface area contributed by atoms with Crippen molar-refractivity contribution < 1.29 is 28.6 Å². The van der Waals surface area contributed by atoms with Gasteiger partial charge in [0.15, 0.2) is 0 Å². The van der Waals surface area contributed by atoms with Gasteiger partial charge in [-0.15, -0.1) is 0 Å². The van der Waals surface area contributed by atoms with Crippen LogP contribution in [0.25, 0.3) is 5.76 Å². The Hall–Kier alpha value is -4.13. The molecule has 3 aromatic carbocycles. The first kappa shape index (κ1) is 28.9. The Morgan fingerprint density at radius 1 is 1.02 bits per heavy atom. The van der Waals surface area contributed by atoms with Crippen LogP contribution in [0.3, 0.4) is 0 Å². The van der Waals surface area contributed by atoms with E-state index in [1.54, 1.807) is 36.4 Å². The number of carbonyl (C=O) groups excluding carboxylic acids is 2. The van der Waals surface area contributed by atoms with Gasteiger partial charge in [0.25, 0.3) is 11.7 Å². The van der Waals surface area contributed by atoms with Crippen LogP contribution >= 0.6 is 0 Å². The molecule has 1 amide bonds. The number of benzene rings is 3. The molecule has 0 aliphatic carbocycles. The van der Waals surface area contributed by atoms with Gasteiger partial charge < -0.3 is 19.5 Å². The third kappa shape index (κ3) is 6.03. The van der Waals surface area contributed by atoms with Crippen molar-refractivity contribution in [2.24, 2.45) is 0 Å². The summed E-state index contributed by atoms with van der Waals surface area (Å²) in [6, 6.07) is 17.9. The Bertz CT molecular complexity index is 1440. The van der Waals surface area contributed by atoms with Gasteiger partial charge in [-0.2, -0.15) is 0 Å². The van der Waals surface area contributed by atoms with Crippen molar-refractivity contribution in [3.05, 3.63) is 100 Å². The van der Waals surface area contributed by atoms with E-state index in [1.807, 2.05) is 52.8 Å². The molecule has 1 saturated heterocycles. The number of hydrogen-bond donors (Lipinski definition) is 1. The van der Waals surface area contributed by atoms with Gasteiger partial charge in [0.05, 0.1) is 30.4 Å². The Balaban J connectivity index is 1.87.